The summed E-state index contributed by atoms with van der Waals surface area (Å²) >= 11 is 0. The van der Waals surface area contributed by atoms with Gasteiger partial charge >= 0.3 is 0 Å². The third-order valence-electron chi connectivity index (χ3n) is 3.76. The Labute approximate surface area is 120 Å². The Balaban J connectivity index is 2.16. The van der Waals surface area contributed by atoms with Crippen molar-refractivity contribution in [1.82, 2.24) is 9.97 Å². The van der Waals surface area contributed by atoms with Crippen LogP contribution >= 0.6 is 0 Å². The molecule has 0 bridgehead atoms. The van der Waals surface area contributed by atoms with Crippen molar-refractivity contribution in [3.8, 4) is 0 Å². The van der Waals surface area contributed by atoms with Gasteiger partial charge in [-0.05, 0) is 25.7 Å². The lowest BCUT2D eigenvalue weighted by Gasteiger charge is -2.33. The number of hydrazine groups is 1. The topological polar surface area (TPSA) is 76.3 Å². The van der Waals surface area contributed by atoms with Crippen LogP contribution in [0.4, 0.5) is 11.6 Å². The fourth-order valence-corrected chi connectivity index (χ4v) is 2.58. The Morgan fingerprint density at radius 3 is 3.00 bits per heavy atom. The van der Waals surface area contributed by atoms with Gasteiger partial charge in [-0.25, -0.2) is 15.8 Å². The second-order valence-electron chi connectivity index (χ2n) is 5.17. The third-order valence-corrected chi connectivity index (χ3v) is 3.76. The molecule has 2 heterocycles. The Kier molecular flexibility index (Phi) is 5.55. The number of hydrogen-bond donors (Lipinski definition) is 2. The lowest BCUT2D eigenvalue weighted by atomic mass is 9.96. The number of ether oxygens (including phenoxy) is 1. The normalized spacial score (nSPS) is 19.1. The zero-order chi connectivity index (χ0) is 14.4. The molecule has 20 heavy (non-hydrogen) atoms. The van der Waals surface area contributed by atoms with E-state index in [1.807, 2.05) is 13.0 Å². The van der Waals surface area contributed by atoms with Gasteiger partial charge in [0.25, 0.3) is 0 Å². The summed E-state index contributed by atoms with van der Waals surface area (Å²) in [7, 11) is 0. The van der Waals surface area contributed by atoms with E-state index in [2.05, 4.69) is 27.2 Å². The first-order chi connectivity index (χ1) is 9.76. The molecule has 0 spiro atoms. The van der Waals surface area contributed by atoms with Gasteiger partial charge in [-0.3, -0.25) is 0 Å². The largest absolute Gasteiger partial charge is 0.374 e. The minimum absolute atomic E-state index is 0.421. The van der Waals surface area contributed by atoms with E-state index >= 15 is 0 Å². The number of nitrogens with one attached hydrogen (secondary N) is 1. The van der Waals surface area contributed by atoms with Crippen molar-refractivity contribution in [2.24, 2.45) is 11.8 Å². The highest BCUT2D eigenvalue weighted by Crippen LogP contribution is 2.24. The van der Waals surface area contributed by atoms with Gasteiger partial charge in [-0.2, -0.15) is 0 Å². The van der Waals surface area contributed by atoms with Gasteiger partial charge < -0.3 is 15.1 Å². The Morgan fingerprint density at radius 1 is 1.45 bits per heavy atom. The second-order valence-corrected chi connectivity index (χ2v) is 5.17. The molecular formula is C14H25N5O. The van der Waals surface area contributed by atoms with Gasteiger partial charge in [0.15, 0.2) is 5.82 Å². The second kappa shape index (κ2) is 7.40. The van der Waals surface area contributed by atoms with E-state index < -0.39 is 0 Å². The van der Waals surface area contributed by atoms with Gasteiger partial charge in [-0.15, -0.1) is 0 Å². The molecule has 6 nitrogen and oxygen atoms in total. The maximum Gasteiger partial charge on any atom is 0.158 e. The highest BCUT2D eigenvalue weighted by molar-refractivity contribution is 5.49. The fourth-order valence-electron chi connectivity index (χ4n) is 2.58. The minimum Gasteiger partial charge on any atom is -0.374 e. The lowest BCUT2D eigenvalue weighted by Crippen LogP contribution is -2.36. The van der Waals surface area contributed by atoms with Crippen LogP contribution in [0.2, 0.25) is 0 Å². The van der Waals surface area contributed by atoms with Crippen LogP contribution in [-0.2, 0) is 11.3 Å². The van der Waals surface area contributed by atoms with Crippen molar-refractivity contribution in [3.05, 3.63) is 11.9 Å². The van der Waals surface area contributed by atoms with Crippen LogP contribution in [0.25, 0.3) is 0 Å². The fraction of sp³-hybridized carbons (Fsp3) is 0.714. The van der Waals surface area contributed by atoms with Gasteiger partial charge in [0.05, 0.1) is 0 Å². The molecule has 1 atom stereocenters. The molecule has 1 fully saturated rings. The first kappa shape index (κ1) is 15.0. The standard InChI is InChI=1S/C14H25N5O/c1-3-11-6-5-7-19(9-11)14-8-12(18-15)16-13(17-14)10-20-4-2/h8,11H,3-7,9-10,15H2,1-2H3,(H,16,17,18). The lowest BCUT2D eigenvalue weighted by molar-refractivity contribution is 0.128. The summed E-state index contributed by atoms with van der Waals surface area (Å²) in [6.07, 6.45) is 3.75. The van der Waals surface area contributed by atoms with Crippen molar-refractivity contribution in [1.29, 1.82) is 0 Å². The highest BCUT2D eigenvalue weighted by atomic mass is 16.5. The summed E-state index contributed by atoms with van der Waals surface area (Å²) in [5.41, 5.74) is 2.62. The molecule has 1 aromatic heterocycles. The maximum absolute atomic E-state index is 5.50. The summed E-state index contributed by atoms with van der Waals surface area (Å²) in [5, 5.41) is 0. The van der Waals surface area contributed by atoms with E-state index in [-0.39, 0.29) is 0 Å². The molecule has 0 radical (unpaired) electrons. The average Bonchev–Trinajstić information content (AvgIpc) is 2.52. The van der Waals surface area contributed by atoms with Crippen molar-refractivity contribution < 1.29 is 4.74 Å². The smallest absolute Gasteiger partial charge is 0.158 e. The maximum atomic E-state index is 5.50. The zero-order valence-corrected chi connectivity index (χ0v) is 12.4. The van der Waals surface area contributed by atoms with Crippen LogP contribution in [0.3, 0.4) is 0 Å². The van der Waals surface area contributed by atoms with Gasteiger partial charge in [0.2, 0.25) is 0 Å². The van der Waals surface area contributed by atoms with E-state index in [1.54, 1.807) is 0 Å². The summed E-state index contributed by atoms with van der Waals surface area (Å²) in [6, 6.07) is 1.91. The van der Waals surface area contributed by atoms with Crippen molar-refractivity contribution >= 4 is 11.6 Å². The summed E-state index contributed by atoms with van der Waals surface area (Å²) < 4.78 is 5.39. The quantitative estimate of drug-likeness (QED) is 0.612. The van der Waals surface area contributed by atoms with Crippen LogP contribution in [0.1, 0.15) is 38.9 Å². The third kappa shape index (κ3) is 3.80. The SMILES string of the molecule is CCOCc1nc(NN)cc(N2CCCC(CC)C2)n1. The Hall–Kier alpha value is -1.40. The minimum atomic E-state index is 0.421. The number of hydrogen-bond acceptors (Lipinski definition) is 6. The van der Waals surface area contributed by atoms with Gasteiger partial charge in [-0.1, -0.05) is 13.3 Å². The average molecular weight is 279 g/mol. The molecule has 1 aliphatic rings. The van der Waals surface area contributed by atoms with Crippen molar-refractivity contribution in [2.45, 2.75) is 39.7 Å². The van der Waals surface area contributed by atoms with Crippen molar-refractivity contribution in [3.63, 3.8) is 0 Å². The van der Waals surface area contributed by atoms with Crippen molar-refractivity contribution in [2.75, 3.05) is 30.0 Å². The first-order valence-electron chi connectivity index (χ1n) is 7.44. The molecule has 1 aromatic rings. The monoisotopic (exact) mass is 279 g/mol. The summed E-state index contributed by atoms with van der Waals surface area (Å²) in [4.78, 5) is 11.3. The number of piperidine rings is 1. The van der Waals surface area contributed by atoms with Gasteiger partial charge in [0.1, 0.15) is 18.2 Å². The van der Waals surface area contributed by atoms with E-state index in [1.165, 1.54) is 19.3 Å². The van der Waals surface area contributed by atoms with Crippen LogP contribution < -0.4 is 16.2 Å². The highest BCUT2D eigenvalue weighted by Gasteiger charge is 2.20. The number of anilines is 2. The van der Waals surface area contributed by atoms with E-state index in [4.69, 9.17) is 10.6 Å². The molecule has 0 aliphatic carbocycles. The summed E-state index contributed by atoms with van der Waals surface area (Å²) in [6.45, 7) is 7.39. The van der Waals surface area contributed by atoms with E-state index in [9.17, 15) is 0 Å². The zero-order valence-electron chi connectivity index (χ0n) is 12.4. The van der Waals surface area contributed by atoms with Crippen LogP contribution in [0.5, 0.6) is 0 Å². The molecule has 0 saturated carbocycles. The first-order valence-corrected chi connectivity index (χ1v) is 7.44. The Bertz CT molecular complexity index is 426. The van der Waals surface area contributed by atoms with Gasteiger partial charge in [0, 0.05) is 25.8 Å². The number of rotatable bonds is 6. The molecule has 0 amide bonds. The number of aromatic nitrogens is 2. The molecule has 2 rings (SSSR count). The number of nitrogens with zero attached hydrogens (tertiary/aromatic N) is 3. The van der Waals surface area contributed by atoms with E-state index in [0.29, 0.717) is 24.9 Å². The molecule has 1 aliphatic heterocycles. The van der Waals surface area contributed by atoms with Crippen LogP contribution in [0.15, 0.2) is 6.07 Å². The molecule has 112 valence electrons. The molecule has 0 aromatic carbocycles. The number of nitrogen functional groups attached to an aromatic ring is 1. The predicted octanol–water partition coefficient (Wildman–Crippen LogP) is 1.93. The molecular weight excluding hydrogens is 254 g/mol. The van der Waals surface area contributed by atoms with Crippen LogP contribution in [-0.4, -0.2) is 29.7 Å². The predicted molar refractivity (Wildman–Crippen MR) is 80.4 cm³/mol. The molecule has 1 unspecified atom stereocenters. The molecule has 6 heteroatoms. The summed E-state index contributed by atoms with van der Waals surface area (Å²) in [5.74, 6) is 8.52. The Morgan fingerprint density at radius 2 is 2.30 bits per heavy atom. The number of nitrogens with two attached hydrogens (primary N) is 1. The van der Waals surface area contributed by atoms with E-state index in [0.717, 1.165) is 24.8 Å². The molecule has 1 saturated heterocycles. The molecule has 3 N–H and O–H groups in total. The van der Waals surface area contributed by atoms with Crippen LogP contribution in [0, 0.1) is 5.92 Å².